The summed E-state index contributed by atoms with van der Waals surface area (Å²) in [7, 11) is 0. The number of nitrogens with one attached hydrogen (secondary N) is 1. The second-order valence-electron chi connectivity index (χ2n) is 5.25. The molecule has 0 amide bonds. The smallest absolute Gasteiger partial charge is 0.191 e. The van der Waals surface area contributed by atoms with Crippen molar-refractivity contribution in [3.05, 3.63) is 65.5 Å². The van der Waals surface area contributed by atoms with Gasteiger partial charge in [-0.15, -0.1) is 0 Å². The number of halogens is 3. The summed E-state index contributed by atoms with van der Waals surface area (Å²) in [5.74, 6) is -2.44. The minimum absolute atomic E-state index is 0.396. The molecule has 1 aliphatic heterocycles. The quantitative estimate of drug-likeness (QED) is 0.937. The van der Waals surface area contributed by atoms with Crippen LogP contribution in [0.2, 0.25) is 0 Å². The predicted molar refractivity (Wildman–Crippen MR) is 78.7 cm³/mol. The van der Waals surface area contributed by atoms with E-state index in [1.165, 1.54) is 30.3 Å². The van der Waals surface area contributed by atoms with Crippen molar-refractivity contribution in [3.63, 3.8) is 0 Å². The maximum atomic E-state index is 13.9. The molecule has 2 aromatic rings. The van der Waals surface area contributed by atoms with E-state index in [9.17, 15) is 13.2 Å². The van der Waals surface area contributed by atoms with Crippen molar-refractivity contribution in [1.29, 1.82) is 0 Å². The van der Waals surface area contributed by atoms with Gasteiger partial charge in [-0.05, 0) is 29.8 Å². The largest absolute Gasteiger partial charge is 0.477 e. The third kappa shape index (κ3) is 3.65. The fraction of sp³-hybridized carbons (Fsp3) is 0.294. The molecular formula is C17H16F3NO2. The maximum Gasteiger partial charge on any atom is 0.191 e. The Morgan fingerprint density at radius 3 is 2.35 bits per heavy atom. The van der Waals surface area contributed by atoms with Crippen LogP contribution in [0.15, 0.2) is 42.5 Å². The third-order valence-corrected chi connectivity index (χ3v) is 3.66. The van der Waals surface area contributed by atoms with E-state index in [-0.39, 0.29) is 0 Å². The number of para-hydroxylation sites is 1. The number of rotatable bonds is 4. The zero-order valence-electron chi connectivity index (χ0n) is 12.3. The first-order chi connectivity index (χ1) is 11.1. The summed E-state index contributed by atoms with van der Waals surface area (Å²) >= 11 is 0. The lowest BCUT2D eigenvalue weighted by atomic mass is 10.0. The van der Waals surface area contributed by atoms with Gasteiger partial charge in [-0.3, -0.25) is 0 Å². The molecule has 1 fully saturated rings. The number of morpholine rings is 1. The van der Waals surface area contributed by atoms with Crippen molar-refractivity contribution in [2.24, 2.45) is 0 Å². The Hall–Kier alpha value is -2.05. The molecule has 0 spiro atoms. The lowest BCUT2D eigenvalue weighted by molar-refractivity contribution is -0.0453. The maximum absolute atomic E-state index is 13.9. The van der Waals surface area contributed by atoms with Crippen LogP contribution in [0.4, 0.5) is 13.2 Å². The second kappa shape index (κ2) is 7.02. The minimum atomic E-state index is -0.791. The number of hydrogen-bond acceptors (Lipinski definition) is 3. The van der Waals surface area contributed by atoms with E-state index in [0.717, 1.165) is 12.1 Å². The van der Waals surface area contributed by atoms with Crippen molar-refractivity contribution >= 4 is 0 Å². The number of benzene rings is 2. The Labute approximate surface area is 132 Å². The topological polar surface area (TPSA) is 30.5 Å². The highest BCUT2D eigenvalue weighted by atomic mass is 19.1. The van der Waals surface area contributed by atoms with E-state index in [2.05, 4.69) is 5.32 Å². The molecule has 0 aliphatic carbocycles. The summed E-state index contributed by atoms with van der Waals surface area (Å²) in [6, 6.07) is 9.12. The summed E-state index contributed by atoms with van der Waals surface area (Å²) in [4.78, 5) is 0. The van der Waals surface area contributed by atoms with Gasteiger partial charge in [-0.25, -0.2) is 13.2 Å². The SMILES string of the molecule is Fc1ccc([C@H](Oc2c(F)cccc2F)[C@H]2CNCCO2)cc1. The van der Waals surface area contributed by atoms with Crippen molar-refractivity contribution in [3.8, 4) is 5.75 Å². The van der Waals surface area contributed by atoms with Crippen molar-refractivity contribution in [2.75, 3.05) is 19.7 Å². The van der Waals surface area contributed by atoms with Crippen LogP contribution in [-0.4, -0.2) is 25.8 Å². The Morgan fingerprint density at radius 1 is 1.04 bits per heavy atom. The predicted octanol–water partition coefficient (Wildman–Crippen LogP) is 3.21. The van der Waals surface area contributed by atoms with Crippen LogP contribution in [0.5, 0.6) is 5.75 Å². The van der Waals surface area contributed by atoms with Crippen molar-refractivity contribution in [1.82, 2.24) is 5.32 Å². The van der Waals surface area contributed by atoms with Crippen LogP contribution in [-0.2, 0) is 4.74 Å². The van der Waals surface area contributed by atoms with E-state index < -0.39 is 35.4 Å². The first-order valence-corrected chi connectivity index (χ1v) is 7.33. The van der Waals surface area contributed by atoms with Gasteiger partial charge in [0.05, 0.1) is 6.61 Å². The van der Waals surface area contributed by atoms with Gasteiger partial charge in [0, 0.05) is 13.1 Å². The van der Waals surface area contributed by atoms with E-state index in [1.807, 2.05) is 0 Å². The normalized spacial score (nSPS) is 19.3. The first-order valence-electron chi connectivity index (χ1n) is 7.33. The van der Waals surface area contributed by atoms with E-state index in [1.54, 1.807) is 0 Å². The standard InChI is InChI=1S/C17H16F3NO2/c18-12-6-4-11(5-7-12)16(15-10-21-8-9-22-15)23-17-13(19)2-1-3-14(17)20/h1-7,15-16,21H,8-10H2/t15-,16+/m1/s1. The van der Waals surface area contributed by atoms with Gasteiger partial charge < -0.3 is 14.8 Å². The molecule has 0 unspecified atom stereocenters. The lowest BCUT2D eigenvalue weighted by Crippen LogP contribution is -2.43. The van der Waals surface area contributed by atoms with Crippen LogP contribution in [0.1, 0.15) is 11.7 Å². The van der Waals surface area contributed by atoms with Crippen LogP contribution in [0.25, 0.3) is 0 Å². The number of hydrogen-bond donors (Lipinski definition) is 1. The second-order valence-corrected chi connectivity index (χ2v) is 5.25. The molecule has 3 rings (SSSR count). The highest BCUT2D eigenvalue weighted by Gasteiger charge is 2.29. The fourth-order valence-electron chi connectivity index (χ4n) is 2.51. The summed E-state index contributed by atoms with van der Waals surface area (Å²) in [5, 5.41) is 3.14. The molecule has 0 bridgehead atoms. The van der Waals surface area contributed by atoms with Crippen LogP contribution >= 0.6 is 0 Å². The Kier molecular flexibility index (Phi) is 4.83. The van der Waals surface area contributed by atoms with Crippen LogP contribution in [0.3, 0.4) is 0 Å². The molecule has 2 aromatic carbocycles. The van der Waals surface area contributed by atoms with Crippen molar-refractivity contribution < 1.29 is 22.6 Å². The first kappa shape index (κ1) is 15.8. The van der Waals surface area contributed by atoms with Gasteiger partial charge in [0.2, 0.25) is 0 Å². The van der Waals surface area contributed by atoms with Gasteiger partial charge in [0.25, 0.3) is 0 Å². The summed E-state index contributed by atoms with van der Waals surface area (Å²) in [6.07, 6.45) is -1.19. The Balaban J connectivity index is 1.92. The average molecular weight is 323 g/mol. The summed E-state index contributed by atoms with van der Waals surface area (Å²) in [5.41, 5.74) is 0.586. The molecule has 1 heterocycles. The van der Waals surface area contributed by atoms with Gasteiger partial charge in [-0.1, -0.05) is 18.2 Å². The zero-order valence-corrected chi connectivity index (χ0v) is 12.3. The lowest BCUT2D eigenvalue weighted by Gasteiger charge is -2.31. The van der Waals surface area contributed by atoms with E-state index in [4.69, 9.17) is 9.47 Å². The summed E-state index contributed by atoms with van der Waals surface area (Å²) < 4.78 is 52.2. The molecular weight excluding hydrogens is 307 g/mol. The molecule has 1 aliphatic rings. The average Bonchev–Trinajstić information content (AvgIpc) is 2.57. The summed E-state index contributed by atoms with van der Waals surface area (Å²) in [6.45, 7) is 1.63. The van der Waals surface area contributed by atoms with E-state index >= 15 is 0 Å². The highest BCUT2D eigenvalue weighted by molar-refractivity contribution is 5.29. The fourth-order valence-corrected chi connectivity index (χ4v) is 2.51. The molecule has 0 radical (unpaired) electrons. The molecule has 1 saturated heterocycles. The molecule has 23 heavy (non-hydrogen) atoms. The highest BCUT2D eigenvalue weighted by Crippen LogP contribution is 2.31. The Bertz CT molecular complexity index is 637. The van der Waals surface area contributed by atoms with Gasteiger partial charge in [0.1, 0.15) is 11.9 Å². The monoisotopic (exact) mass is 323 g/mol. The van der Waals surface area contributed by atoms with Gasteiger partial charge >= 0.3 is 0 Å². The number of ether oxygens (including phenoxy) is 2. The van der Waals surface area contributed by atoms with E-state index in [0.29, 0.717) is 25.3 Å². The van der Waals surface area contributed by atoms with Gasteiger partial charge in [-0.2, -0.15) is 0 Å². The molecule has 6 heteroatoms. The van der Waals surface area contributed by atoms with Gasteiger partial charge in [0.15, 0.2) is 23.5 Å². The molecule has 0 aromatic heterocycles. The van der Waals surface area contributed by atoms with Crippen molar-refractivity contribution in [2.45, 2.75) is 12.2 Å². The molecule has 1 N–H and O–H groups in total. The van der Waals surface area contributed by atoms with Crippen LogP contribution < -0.4 is 10.1 Å². The molecule has 0 saturated carbocycles. The Morgan fingerprint density at radius 2 is 1.74 bits per heavy atom. The zero-order chi connectivity index (χ0) is 16.2. The molecule has 122 valence electrons. The molecule has 2 atom stereocenters. The molecule has 3 nitrogen and oxygen atoms in total. The third-order valence-electron chi connectivity index (χ3n) is 3.66. The minimum Gasteiger partial charge on any atom is -0.477 e. The van der Waals surface area contributed by atoms with Crippen LogP contribution in [0, 0.1) is 17.5 Å².